The lowest BCUT2D eigenvalue weighted by Crippen LogP contribution is -2.48. The van der Waals surface area contributed by atoms with Crippen LogP contribution in [0.25, 0.3) is 0 Å². The minimum Gasteiger partial charge on any atom is -0.493 e. The summed E-state index contributed by atoms with van der Waals surface area (Å²) in [6.45, 7) is 3.50. The van der Waals surface area contributed by atoms with E-state index < -0.39 is 0 Å². The van der Waals surface area contributed by atoms with E-state index in [-0.39, 0.29) is 18.1 Å². The van der Waals surface area contributed by atoms with Gasteiger partial charge in [0.2, 0.25) is 0 Å². The summed E-state index contributed by atoms with van der Waals surface area (Å²) in [4.78, 5) is 15.2. The molecular weight excluding hydrogens is 320 g/mol. The first-order valence-electron chi connectivity index (χ1n) is 8.99. The maximum Gasteiger partial charge on any atom is 0.251 e. The van der Waals surface area contributed by atoms with Gasteiger partial charge in [-0.25, -0.2) is 0 Å². The van der Waals surface area contributed by atoms with E-state index in [0.29, 0.717) is 29.6 Å². The molecule has 0 radical (unpaired) electrons. The summed E-state index contributed by atoms with van der Waals surface area (Å²) < 4.78 is 10.7. The Labute approximate surface area is 149 Å². The van der Waals surface area contributed by atoms with E-state index in [0.717, 1.165) is 37.8 Å². The first-order valence-corrected chi connectivity index (χ1v) is 8.99. The molecule has 1 saturated heterocycles. The molecule has 25 heavy (non-hydrogen) atoms. The van der Waals surface area contributed by atoms with E-state index in [9.17, 15) is 9.90 Å². The topological polar surface area (TPSA) is 71.0 Å². The van der Waals surface area contributed by atoms with Crippen molar-refractivity contribution in [1.82, 2.24) is 10.2 Å². The van der Waals surface area contributed by atoms with E-state index in [1.165, 1.54) is 0 Å². The molecule has 2 fully saturated rings. The third-order valence-corrected chi connectivity index (χ3v) is 5.50. The lowest BCUT2D eigenvalue weighted by Gasteiger charge is -2.30. The van der Waals surface area contributed by atoms with Crippen LogP contribution in [0.15, 0.2) is 12.1 Å². The van der Waals surface area contributed by atoms with Gasteiger partial charge >= 0.3 is 0 Å². The van der Waals surface area contributed by atoms with E-state index in [1.807, 2.05) is 6.92 Å². The Balaban J connectivity index is 1.73. The number of nitrogens with one attached hydrogen (secondary N) is 1. The van der Waals surface area contributed by atoms with Gasteiger partial charge in [0, 0.05) is 36.3 Å². The van der Waals surface area contributed by atoms with Crippen molar-refractivity contribution in [3.63, 3.8) is 0 Å². The van der Waals surface area contributed by atoms with Gasteiger partial charge in [-0.05, 0) is 44.7 Å². The van der Waals surface area contributed by atoms with Crippen molar-refractivity contribution in [3.8, 4) is 11.5 Å². The number of carbonyl (C=O) groups is 1. The van der Waals surface area contributed by atoms with Gasteiger partial charge in [0.15, 0.2) is 11.5 Å². The minimum atomic E-state index is -0.231. The molecule has 1 aliphatic carbocycles. The summed E-state index contributed by atoms with van der Waals surface area (Å²) >= 11 is 0. The molecule has 0 spiro atoms. The van der Waals surface area contributed by atoms with Crippen molar-refractivity contribution in [2.45, 2.75) is 50.8 Å². The summed E-state index contributed by atoms with van der Waals surface area (Å²) in [5.74, 6) is 1.15. The number of amides is 1. The highest BCUT2D eigenvalue weighted by Gasteiger charge is 2.36. The van der Waals surface area contributed by atoms with Crippen molar-refractivity contribution < 1.29 is 19.4 Å². The van der Waals surface area contributed by atoms with Crippen molar-refractivity contribution in [2.24, 2.45) is 0 Å². The number of benzene rings is 1. The fraction of sp³-hybridized carbons (Fsp3) is 0.632. The Morgan fingerprint density at radius 3 is 2.68 bits per heavy atom. The molecule has 1 aromatic rings. The van der Waals surface area contributed by atoms with Gasteiger partial charge < -0.3 is 19.9 Å². The molecule has 3 rings (SSSR count). The monoisotopic (exact) mass is 348 g/mol. The maximum absolute atomic E-state index is 12.8. The van der Waals surface area contributed by atoms with Crippen LogP contribution in [-0.4, -0.2) is 61.4 Å². The molecule has 2 N–H and O–H groups in total. The molecule has 1 saturated carbocycles. The van der Waals surface area contributed by atoms with Crippen LogP contribution in [0.5, 0.6) is 11.5 Å². The third kappa shape index (κ3) is 3.60. The van der Waals surface area contributed by atoms with E-state index in [4.69, 9.17) is 9.47 Å². The van der Waals surface area contributed by atoms with Crippen molar-refractivity contribution in [1.29, 1.82) is 0 Å². The van der Waals surface area contributed by atoms with E-state index in [2.05, 4.69) is 10.2 Å². The van der Waals surface area contributed by atoms with E-state index in [1.54, 1.807) is 26.4 Å². The fourth-order valence-corrected chi connectivity index (χ4v) is 4.19. The fourth-order valence-electron chi connectivity index (χ4n) is 4.19. The predicted octanol–water partition coefficient (Wildman–Crippen LogP) is 1.73. The first kappa shape index (κ1) is 18.0. The summed E-state index contributed by atoms with van der Waals surface area (Å²) in [7, 11) is 3.17. The Bertz CT molecular complexity index is 634. The van der Waals surface area contributed by atoms with E-state index >= 15 is 0 Å². The minimum absolute atomic E-state index is 0.0740. The summed E-state index contributed by atoms with van der Waals surface area (Å²) in [6, 6.07) is 4.01. The highest BCUT2D eigenvalue weighted by molar-refractivity contribution is 5.96. The Morgan fingerprint density at radius 2 is 2.04 bits per heavy atom. The smallest absolute Gasteiger partial charge is 0.251 e. The zero-order valence-corrected chi connectivity index (χ0v) is 15.2. The molecule has 0 bridgehead atoms. The second-order valence-corrected chi connectivity index (χ2v) is 6.99. The van der Waals surface area contributed by atoms with Crippen LogP contribution in [0.2, 0.25) is 0 Å². The quantitative estimate of drug-likeness (QED) is 0.848. The van der Waals surface area contributed by atoms with Crippen molar-refractivity contribution in [2.75, 3.05) is 27.3 Å². The number of hydrogen-bond donors (Lipinski definition) is 2. The highest BCUT2D eigenvalue weighted by Crippen LogP contribution is 2.33. The summed E-state index contributed by atoms with van der Waals surface area (Å²) in [5, 5.41) is 13.0. The molecule has 1 unspecified atom stereocenters. The second-order valence-electron chi connectivity index (χ2n) is 6.99. The van der Waals surface area contributed by atoms with Crippen LogP contribution in [0, 0.1) is 6.92 Å². The largest absolute Gasteiger partial charge is 0.493 e. The summed E-state index contributed by atoms with van der Waals surface area (Å²) in [5.41, 5.74) is 1.40. The zero-order chi connectivity index (χ0) is 18.0. The van der Waals surface area contributed by atoms with Gasteiger partial charge in [0.05, 0.1) is 20.3 Å². The van der Waals surface area contributed by atoms with Gasteiger partial charge in [0.25, 0.3) is 5.91 Å². The first-order chi connectivity index (χ1) is 12.0. The second kappa shape index (κ2) is 7.62. The average molecular weight is 348 g/mol. The van der Waals surface area contributed by atoms with Gasteiger partial charge in [-0.1, -0.05) is 0 Å². The number of aliphatic hydroxyl groups excluding tert-OH is 1. The van der Waals surface area contributed by atoms with Crippen LogP contribution < -0.4 is 14.8 Å². The Hall–Kier alpha value is -1.79. The van der Waals surface area contributed by atoms with Crippen molar-refractivity contribution in [3.05, 3.63) is 23.3 Å². The molecule has 3 atom stereocenters. The lowest BCUT2D eigenvalue weighted by atomic mass is 10.0. The average Bonchev–Trinajstić information content (AvgIpc) is 3.22. The molecule has 6 nitrogen and oxygen atoms in total. The van der Waals surface area contributed by atoms with Crippen LogP contribution in [-0.2, 0) is 0 Å². The zero-order valence-electron chi connectivity index (χ0n) is 15.2. The van der Waals surface area contributed by atoms with Crippen LogP contribution >= 0.6 is 0 Å². The Kier molecular flexibility index (Phi) is 5.49. The number of likely N-dealkylation sites (tertiary alicyclic amines) is 1. The number of methoxy groups -OCH3 is 2. The van der Waals surface area contributed by atoms with Gasteiger partial charge in [0.1, 0.15) is 0 Å². The molecule has 6 heteroatoms. The number of nitrogens with zero attached hydrogens (tertiary/aromatic N) is 1. The Morgan fingerprint density at radius 1 is 1.24 bits per heavy atom. The van der Waals surface area contributed by atoms with Crippen LogP contribution in [0.4, 0.5) is 0 Å². The number of aliphatic hydroxyl groups is 1. The molecule has 1 heterocycles. The lowest BCUT2D eigenvalue weighted by molar-refractivity contribution is 0.0904. The molecule has 138 valence electrons. The molecule has 0 aromatic heterocycles. The van der Waals surface area contributed by atoms with Gasteiger partial charge in [-0.3, -0.25) is 9.69 Å². The van der Waals surface area contributed by atoms with Crippen molar-refractivity contribution >= 4 is 5.91 Å². The molecule has 1 aromatic carbocycles. The number of β-amino-alcohol motifs (C(OH)–C–C–N with tert-alkyl or cyclic N) is 1. The number of rotatable bonds is 5. The number of carbonyl (C=O) groups excluding carboxylic acids is 1. The third-order valence-electron chi connectivity index (χ3n) is 5.50. The normalized spacial score (nSPS) is 26.6. The maximum atomic E-state index is 12.8. The SMILES string of the molecule is COc1ccc(C(=O)N[C@@H]2CCC[C@@H]2N2CCC(O)C2)c(C)c1OC. The number of ether oxygens (including phenoxy) is 2. The number of hydrogen-bond acceptors (Lipinski definition) is 5. The molecule has 1 aliphatic heterocycles. The van der Waals surface area contributed by atoms with Crippen LogP contribution in [0.3, 0.4) is 0 Å². The molecular formula is C19H28N2O4. The molecule has 2 aliphatic rings. The van der Waals surface area contributed by atoms with Crippen LogP contribution in [0.1, 0.15) is 41.6 Å². The predicted molar refractivity (Wildman–Crippen MR) is 95.4 cm³/mol. The van der Waals surface area contributed by atoms with Gasteiger partial charge in [-0.2, -0.15) is 0 Å². The molecule has 1 amide bonds. The summed E-state index contributed by atoms with van der Waals surface area (Å²) in [6.07, 6.45) is 3.75. The standard InChI is InChI=1S/C19H28N2O4/c1-12-14(7-8-17(24-2)18(12)25-3)19(23)20-15-5-4-6-16(15)21-10-9-13(22)11-21/h7-8,13,15-16,22H,4-6,9-11H2,1-3H3,(H,20,23)/t13?,15-,16+/m1/s1. The van der Waals surface area contributed by atoms with Gasteiger partial charge in [-0.15, -0.1) is 0 Å². The highest BCUT2D eigenvalue weighted by atomic mass is 16.5.